The summed E-state index contributed by atoms with van der Waals surface area (Å²) >= 11 is 0. The first-order chi connectivity index (χ1) is 24.2. The SMILES string of the molecule is CCCOc1cc2oc3cc(OCO)c(-c4ccc5c(c4)C(C)(C)c4ccccc4-5)cc3c2cc1-c1ccc2c(c1)C(C)(C)c1ccccc1-2. The number of hydrogen-bond donors (Lipinski definition) is 1. The molecule has 4 nitrogen and oxygen atoms in total. The Bertz CT molecular complexity index is 2500. The molecule has 0 saturated heterocycles. The van der Waals surface area contributed by atoms with Gasteiger partial charge in [0.05, 0.1) is 6.61 Å². The van der Waals surface area contributed by atoms with Gasteiger partial charge in [-0.1, -0.05) is 107 Å². The largest absolute Gasteiger partial charge is 0.493 e. The molecule has 0 fully saturated rings. The third-order valence-corrected chi connectivity index (χ3v) is 11.1. The van der Waals surface area contributed by atoms with Crippen LogP contribution in [0.5, 0.6) is 11.5 Å². The summed E-state index contributed by atoms with van der Waals surface area (Å²) in [6.07, 6.45) is 0.901. The third kappa shape index (κ3) is 4.41. The summed E-state index contributed by atoms with van der Waals surface area (Å²) < 4.78 is 18.8. The molecule has 248 valence electrons. The van der Waals surface area contributed by atoms with Crippen molar-refractivity contribution in [3.05, 3.63) is 131 Å². The topological polar surface area (TPSA) is 51.8 Å². The van der Waals surface area contributed by atoms with Crippen molar-refractivity contribution in [3.8, 4) is 56.0 Å². The van der Waals surface area contributed by atoms with Gasteiger partial charge in [0.15, 0.2) is 6.79 Å². The number of aliphatic hydroxyl groups is 1. The van der Waals surface area contributed by atoms with Gasteiger partial charge in [-0.2, -0.15) is 0 Å². The molecule has 0 unspecified atom stereocenters. The van der Waals surface area contributed by atoms with Crippen LogP contribution >= 0.6 is 0 Å². The minimum absolute atomic E-state index is 0.109. The molecule has 1 aromatic heterocycles. The second kappa shape index (κ2) is 11.1. The van der Waals surface area contributed by atoms with E-state index < -0.39 is 6.79 Å². The molecule has 0 saturated carbocycles. The predicted octanol–water partition coefficient (Wildman–Crippen LogP) is 11.6. The van der Waals surface area contributed by atoms with Crippen LogP contribution in [0.3, 0.4) is 0 Å². The number of fused-ring (bicyclic) bond motifs is 9. The number of aliphatic hydroxyl groups excluding tert-OH is 1. The fourth-order valence-corrected chi connectivity index (χ4v) is 8.55. The second-order valence-corrected chi connectivity index (χ2v) is 14.8. The van der Waals surface area contributed by atoms with E-state index in [0.29, 0.717) is 17.9 Å². The Kier molecular flexibility index (Phi) is 6.82. The Morgan fingerprint density at radius 2 is 0.980 bits per heavy atom. The third-order valence-electron chi connectivity index (χ3n) is 11.1. The molecule has 2 aliphatic carbocycles. The highest BCUT2D eigenvalue weighted by atomic mass is 16.6. The molecule has 0 radical (unpaired) electrons. The van der Waals surface area contributed by atoms with Crippen LogP contribution in [0.2, 0.25) is 0 Å². The van der Waals surface area contributed by atoms with Crippen LogP contribution in [0.1, 0.15) is 63.3 Å². The van der Waals surface area contributed by atoms with E-state index >= 15 is 0 Å². The smallest absolute Gasteiger partial charge is 0.186 e. The molecule has 7 aromatic rings. The first-order valence-electron chi connectivity index (χ1n) is 17.6. The highest BCUT2D eigenvalue weighted by Gasteiger charge is 2.36. The maximum Gasteiger partial charge on any atom is 0.186 e. The number of furan rings is 1. The zero-order valence-corrected chi connectivity index (χ0v) is 29.2. The van der Waals surface area contributed by atoms with E-state index in [1.807, 2.05) is 12.1 Å². The molecule has 1 N–H and O–H groups in total. The first kappa shape index (κ1) is 30.7. The van der Waals surface area contributed by atoms with Crippen LogP contribution < -0.4 is 9.47 Å². The number of benzene rings is 6. The van der Waals surface area contributed by atoms with Gasteiger partial charge in [-0.05, 0) is 86.3 Å². The fraction of sp³-hybridized carbons (Fsp3) is 0.217. The van der Waals surface area contributed by atoms with E-state index in [2.05, 4.69) is 132 Å². The lowest BCUT2D eigenvalue weighted by Gasteiger charge is -2.22. The van der Waals surface area contributed by atoms with Gasteiger partial charge in [-0.25, -0.2) is 0 Å². The lowest BCUT2D eigenvalue weighted by molar-refractivity contribution is 0.0991. The summed E-state index contributed by atoms with van der Waals surface area (Å²) in [6.45, 7) is 11.5. The highest BCUT2D eigenvalue weighted by molar-refractivity contribution is 6.09. The van der Waals surface area contributed by atoms with E-state index in [1.165, 1.54) is 44.5 Å². The summed E-state index contributed by atoms with van der Waals surface area (Å²) in [4.78, 5) is 0. The van der Waals surface area contributed by atoms with Crippen LogP contribution in [0.25, 0.3) is 66.4 Å². The van der Waals surface area contributed by atoms with Gasteiger partial charge in [-0.15, -0.1) is 0 Å². The minimum Gasteiger partial charge on any atom is -0.493 e. The normalized spacial score (nSPS) is 14.8. The van der Waals surface area contributed by atoms with Crippen molar-refractivity contribution in [2.24, 2.45) is 0 Å². The van der Waals surface area contributed by atoms with Crippen molar-refractivity contribution >= 4 is 21.9 Å². The average molecular weight is 657 g/mol. The summed E-state index contributed by atoms with van der Waals surface area (Å²) in [6, 6.07) is 39.3. The zero-order chi connectivity index (χ0) is 34.4. The standard InChI is InChI=1S/C46H40O4/c1-6-19-48-41-24-43-35(22-33(41)27-15-17-31-29-11-7-9-13-37(29)45(2,3)39(31)20-27)36-23-34(42(49-26-47)25-44(36)50-43)28-16-18-32-30-12-8-10-14-38(30)46(4,5)40(32)21-28/h7-18,20-25,47H,6,19,26H2,1-5H3. The van der Waals surface area contributed by atoms with Crippen molar-refractivity contribution in [1.29, 1.82) is 0 Å². The van der Waals surface area contributed by atoms with Crippen LogP contribution in [0.15, 0.2) is 114 Å². The maximum atomic E-state index is 9.93. The van der Waals surface area contributed by atoms with Crippen LogP contribution in [0.4, 0.5) is 0 Å². The van der Waals surface area contributed by atoms with E-state index in [-0.39, 0.29) is 10.8 Å². The van der Waals surface area contributed by atoms with Gasteiger partial charge in [0.2, 0.25) is 0 Å². The van der Waals surface area contributed by atoms with E-state index in [0.717, 1.165) is 50.8 Å². The molecule has 1 heterocycles. The molecule has 0 amide bonds. The molecule has 50 heavy (non-hydrogen) atoms. The van der Waals surface area contributed by atoms with Crippen molar-refractivity contribution in [2.75, 3.05) is 13.4 Å². The molecular formula is C46H40O4. The fourth-order valence-electron chi connectivity index (χ4n) is 8.55. The molecule has 6 aromatic carbocycles. The molecule has 0 atom stereocenters. The van der Waals surface area contributed by atoms with Gasteiger partial charge in [0.1, 0.15) is 22.7 Å². The number of hydrogen-bond acceptors (Lipinski definition) is 4. The van der Waals surface area contributed by atoms with Gasteiger partial charge in [-0.3, -0.25) is 0 Å². The Hall–Kier alpha value is -5.32. The summed E-state index contributed by atoms with van der Waals surface area (Å²) in [5, 5.41) is 11.9. The minimum atomic E-state index is -0.432. The second-order valence-electron chi connectivity index (χ2n) is 14.8. The van der Waals surface area contributed by atoms with Crippen molar-refractivity contribution < 1.29 is 19.0 Å². The summed E-state index contributed by atoms with van der Waals surface area (Å²) in [5.74, 6) is 1.38. The Morgan fingerprint density at radius 1 is 0.520 bits per heavy atom. The van der Waals surface area contributed by atoms with Gasteiger partial charge >= 0.3 is 0 Å². The van der Waals surface area contributed by atoms with Gasteiger partial charge in [0.25, 0.3) is 0 Å². The summed E-state index contributed by atoms with van der Waals surface area (Å²) in [5.41, 5.74) is 15.8. The quantitative estimate of drug-likeness (QED) is 0.174. The van der Waals surface area contributed by atoms with E-state index in [1.54, 1.807) is 0 Å². The van der Waals surface area contributed by atoms with Crippen LogP contribution in [0, 0.1) is 0 Å². The van der Waals surface area contributed by atoms with Crippen molar-refractivity contribution in [2.45, 2.75) is 51.9 Å². The lowest BCUT2D eigenvalue weighted by atomic mass is 9.81. The molecule has 0 spiro atoms. The molecule has 4 heteroatoms. The zero-order valence-electron chi connectivity index (χ0n) is 29.2. The Balaban J connectivity index is 1.22. The number of ether oxygens (including phenoxy) is 2. The molecule has 9 rings (SSSR count). The molecule has 0 aliphatic heterocycles. The van der Waals surface area contributed by atoms with Crippen LogP contribution in [-0.4, -0.2) is 18.5 Å². The predicted molar refractivity (Wildman–Crippen MR) is 203 cm³/mol. The maximum absolute atomic E-state index is 9.93. The highest BCUT2D eigenvalue weighted by Crippen LogP contribution is 2.52. The van der Waals surface area contributed by atoms with Crippen molar-refractivity contribution in [3.63, 3.8) is 0 Å². The molecular weight excluding hydrogens is 617 g/mol. The van der Waals surface area contributed by atoms with E-state index in [9.17, 15) is 5.11 Å². The Morgan fingerprint density at radius 3 is 1.46 bits per heavy atom. The molecule has 2 aliphatic rings. The van der Waals surface area contributed by atoms with Gasteiger partial charge in [0, 0.05) is 44.9 Å². The van der Waals surface area contributed by atoms with E-state index in [4.69, 9.17) is 13.9 Å². The first-order valence-corrected chi connectivity index (χ1v) is 17.6. The van der Waals surface area contributed by atoms with Crippen LogP contribution in [-0.2, 0) is 10.8 Å². The Labute approximate surface area is 292 Å². The lowest BCUT2D eigenvalue weighted by Crippen LogP contribution is -2.14. The molecule has 0 bridgehead atoms. The van der Waals surface area contributed by atoms with Gasteiger partial charge < -0.3 is 19.0 Å². The summed E-state index contributed by atoms with van der Waals surface area (Å²) in [7, 11) is 0. The van der Waals surface area contributed by atoms with Crippen molar-refractivity contribution in [1.82, 2.24) is 0 Å². The number of rotatable bonds is 7. The monoisotopic (exact) mass is 656 g/mol. The average Bonchev–Trinajstić information content (AvgIpc) is 3.68.